The van der Waals surface area contributed by atoms with Crippen LogP contribution in [0.4, 0.5) is 0 Å². The van der Waals surface area contributed by atoms with Crippen LogP contribution in [0.15, 0.2) is 378 Å². The summed E-state index contributed by atoms with van der Waals surface area (Å²) in [6, 6.07) is 120. The second-order valence-corrected chi connectivity index (χ2v) is 28.2. The van der Waals surface area contributed by atoms with Crippen LogP contribution in [0, 0.1) is 0 Å². The Hall–Kier alpha value is -15.1. The molecular formula is C102H60N6O3. The van der Waals surface area contributed by atoms with Crippen LogP contribution in [-0.4, -0.2) is 29.9 Å². The Morgan fingerprint density at radius 3 is 0.856 bits per heavy atom. The van der Waals surface area contributed by atoms with E-state index in [1.165, 1.54) is 32.3 Å². The van der Waals surface area contributed by atoms with Crippen molar-refractivity contribution in [2.24, 2.45) is 0 Å². The van der Waals surface area contributed by atoms with E-state index in [0.717, 1.165) is 198 Å². The van der Waals surface area contributed by atoms with E-state index in [2.05, 4.69) is 309 Å². The number of para-hydroxylation sites is 6. The molecule has 0 aliphatic carbocycles. The fourth-order valence-corrected chi connectivity index (χ4v) is 16.8. The highest BCUT2D eigenvalue weighted by Crippen LogP contribution is 2.44. The number of rotatable bonds is 6. The van der Waals surface area contributed by atoms with Gasteiger partial charge in [-0.15, -0.1) is 0 Å². The first-order valence-corrected chi connectivity index (χ1v) is 37.3. The summed E-state index contributed by atoms with van der Waals surface area (Å²) < 4.78 is 18.9. The topological polar surface area (TPSA) is 117 Å². The Kier molecular flexibility index (Phi) is 14.7. The number of benzene rings is 18. The smallest absolute Gasteiger partial charge is 0.143 e. The molecule has 9 heteroatoms. The van der Waals surface area contributed by atoms with Gasteiger partial charge < -0.3 is 13.3 Å². The minimum absolute atomic E-state index is 0.844. The molecule has 0 spiro atoms. The van der Waals surface area contributed by atoms with Gasteiger partial charge in [0.15, 0.2) is 0 Å². The predicted octanol–water partition coefficient (Wildman–Crippen LogP) is 27.5. The summed E-state index contributed by atoms with van der Waals surface area (Å²) in [5, 5.41) is 20.7. The summed E-state index contributed by atoms with van der Waals surface area (Å²) >= 11 is 0. The third kappa shape index (κ3) is 10.5. The molecule has 6 heterocycles. The largest absolute Gasteiger partial charge is 0.455 e. The van der Waals surface area contributed by atoms with Crippen molar-refractivity contribution in [1.29, 1.82) is 0 Å². The minimum atomic E-state index is 0.844. The maximum absolute atomic E-state index is 6.37. The van der Waals surface area contributed by atoms with Crippen molar-refractivity contribution in [1.82, 2.24) is 29.9 Å². The molecule has 0 aliphatic heterocycles. The van der Waals surface area contributed by atoms with Gasteiger partial charge in [0.2, 0.25) is 0 Å². The quantitative estimate of drug-likeness (QED) is 0.150. The van der Waals surface area contributed by atoms with Gasteiger partial charge in [0.05, 0.1) is 68.8 Å². The summed E-state index contributed by atoms with van der Waals surface area (Å²) in [5.41, 5.74) is 23.1. The fourth-order valence-electron chi connectivity index (χ4n) is 16.8. The highest BCUT2D eigenvalue weighted by molar-refractivity contribution is 6.26. The molecule has 0 saturated carbocycles. The predicted molar refractivity (Wildman–Crippen MR) is 458 cm³/mol. The Morgan fingerprint density at radius 2 is 0.432 bits per heavy atom. The van der Waals surface area contributed by atoms with Gasteiger partial charge in [-0.2, -0.15) is 0 Å². The summed E-state index contributed by atoms with van der Waals surface area (Å²) in [7, 11) is 0. The van der Waals surface area contributed by atoms with Gasteiger partial charge >= 0.3 is 0 Å². The molecule has 24 rings (SSSR count). The molecule has 0 fully saturated rings. The van der Waals surface area contributed by atoms with Gasteiger partial charge in [0.1, 0.15) is 33.5 Å². The monoisotopic (exact) mass is 1420 g/mol. The van der Waals surface area contributed by atoms with Crippen molar-refractivity contribution < 1.29 is 13.3 Å². The second-order valence-electron chi connectivity index (χ2n) is 28.2. The standard InChI is InChI=1S/3C34H20N2O/c1-4-13-24(23(12-1)28-17-9-18-29-25-14-7-8-19-31(25)37-34(28)29)30-20-35-32-26-15-5-2-10-21(26)22-11-3-6-16-27(22)33(32)36-30;1-3-14-27-24(11-1)25-12-2-4-15-28(25)33-32(27)35-20-30(36-33)22-10-7-9-21(19-22)23-16-8-17-29-26-13-5-6-18-31(26)37-34(23)29;1-3-11-27-24(8-1)25-9-2-4-12-28(25)33-32(27)35-20-30(36-33)22-18-16-21(17-19-22)23-13-7-14-29-26-10-5-6-15-31(26)37-34(23)29/h3*1-20H. The molecule has 0 N–H and O–H groups in total. The van der Waals surface area contributed by atoms with Crippen molar-refractivity contribution in [3.63, 3.8) is 0 Å². The first kappa shape index (κ1) is 63.2. The van der Waals surface area contributed by atoms with E-state index in [-0.39, 0.29) is 0 Å². The van der Waals surface area contributed by atoms with Gasteiger partial charge in [0.25, 0.3) is 0 Å². The molecule has 111 heavy (non-hydrogen) atoms. The number of hydrogen-bond donors (Lipinski definition) is 0. The molecule has 24 aromatic rings. The molecule has 18 aromatic carbocycles. The third-order valence-corrected chi connectivity index (χ3v) is 21.9. The van der Waals surface area contributed by atoms with Crippen LogP contribution in [0.1, 0.15) is 0 Å². The van der Waals surface area contributed by atoms with E-state index in [0.29, 0.717) is 0 Å². The molecule has 0 radical (unpaired) electrons. The van der Waals surface area contributed by atoms with Crippen LogP contribution >= 0.6 is 0 Å². The van der Waals surface area contributed by atoms with Crippen molar-refractivity contribution >= 4 is 164 Å². The zero-order valence-electron chi connectivity index (χ0n) is 59.5. The molecule has 0 bridgehead atoms. The summed E-state index contributed by atoms with van der Waals surface area (Å²) in [6.07, 6.45) is 5.68. The molecule has 9 nitrogen and oxygen atoms in total. The lowest BCUT2D eigenvalue weighted by molar-refractivity contribution is 0.669. The summed E-state index contributed by atoms with van der Waals surface area (Å²) in [6.45, 7) is 0. The number of hydrogen-bond acceptors (Lipinski definition) is 9. The summed E-state index contributed by atoms with van der Waals surface area (Å²) in [4.78, 5) is 30.4. The molecule has 0 amide bonds. The van der Waals surface area contributed by atoms with Crippen LogP contribution in [0.3, 0.4) is 0 Å². The number of nitrogens with zero attached hydrogens (tertiary/aromatic N) is 6. The zero-order chi connectivity index (χ0) is 73.0. The number of aromatic nitrogens is 6. The van der Waals surface area contributed by atoms with E-state index < -0.39 is 0 Å². The van der Waals surface area contributed by atoms with Gasteiger partial charge in [-0.25, -0.2) is 15.0 Å². The van der Waals surface area contributed by atoms with Crippen molar-refractivity contribution in [2.45, 2.75) is 0 Å². The second kappa shape index (κ2) is 25.9. The van der Waals surface area contributed by atoms with Crippen molar-refractivity contribution in [3.8, 4) is 67.2 Å². The normalized spacial score (nSPS) is 11.8. The third-order valence-electron chi connectivity index (χ3n) is 21.9. The average molecular weight is 1420 g/mol. The van der Waals surface area contributed by atoms with E-state index in [9.17, 15) is 0 Å². The Balaban J connectivity index is 0.000000102. The zero-order valence-corrected chi connectivity index (χ0v) is 59.5. The van der Waals surface area contributed by atoms with E-state index in [1.54, 1.807) is 0 Å². The van der Waals surface area contributed by atoms with Gasteiger partial charge in [-0.3, -0.25) is 15.0 Å². The van der Waals surface area contributed by atoms with Crippen LogP contribution < -0.4 is 0 Å². The Bertz CT molecular complexity index is 7830. The van der Waals surface area contributed by atoms with E-state index in [1.807, 2.05) is 55.0 Å². The highest BCUT2D eigenvalue weighted by Gasteiger charge is 2.21. The minimum Gasteiger partial charge on any atom is -0.455 e. The maximum atomic E-state index is 6.37. The molecule has 0 atom stereocenters. The molecule has 516 valence electrons. The number of furan rings is 3. The van der Waals surface area contributed by atoms with E-state index in [4.69, 9.17) is 43.2 Å². The molecule has 6 aromatic heterocycles. The van der Waals surface area contributed by atoms with Crippen molar-refractivity contribution in [3.05, 3.63) is 364 Å². The van der Waals surface area contributed by atoms with Gasteiger partial charge in [-0.05, 0) is 73.3 Å². The summed E-state index contributed by atoms with van der Waals surface area (Å²) in [5.74, 6) is 0. The van der Waals surface area contributed by atoms with Crippen LogP contribution in [-0.2, 0) is 0 Å². The first-order valence-electron chi connectivity index (χ1n) is 37.3. The van der Waals surface area contributed by atoms with Crippen LogP contribution in [0.25, 0.3) is 231 Å². The van der Waals surface area contributed by atoms with Crippen molar-refractivity contribution in [2.75, 3.05) is 0 Å². The fraction of sp³-hybridized carbons (Fsp3) is 0. The lowest BCUT2D eigenvalue weighted by Gasteiger charge is -2.13. The number of fused-ring (bicyclic) bond motifs is 27. The maximum Gasteiger partial charge on any atom is 0.143 e. The Labute approximate surface area is 634 Å². The molecular weight excluding hydrogens is 1360 g/mol. The first-order chi connectivity index (χ1) is 55.1. The SMILES string of the molecule is c1cc(-c2cnc3c4ccccc4c4ccccc4c3n2)cc(-c2cccc3c2oc2ccccc23)c1.c1ccc(-c2cccc3c2oc2ccccc23)c(-c2cnc3c4ccccc4c4ccccc4c3n2)c1.c1ccc2c(c1)oc1c(-c3ccc(-c4cnc5c6ccccc6c6ccccc6c5n4)cc3)cccc12. The van der Waals surface area contributed by atoms with E-state index >= 15 is 0 Å². The van der Waals surface area contributed by atoms with Crippen LogP contribution in [0.5, 0.6) is 0 Å². The molecule has 0 saturated heterocycles. The van der Waals surface area contributed by atoms with Gasteiger partial charge in [-0.1, -0.05) is 322 Å². The van der Waals surface area contributed by atoms with Gasteiger partial charge in [0, 0.05) is 98.0 Å². The highest BCUT2D eigenvalue weighted by atomic mass is 16.3. The average Bonchev–Trinajstić information content (AvgIpc) is 1.72. The molecule has 0 aliphatic rings. The Morgan fingerprint density at radius 1 is 0.162 bits per heavy atom. The lowest BCUT2D eigenvalue weighted by atomic mass is 9.95. The lowest BCUT2D eigenvalue weighted by Crippen LogP contribution is -1.94. The van der Waals surface area contributed by atoms with Crippen LogP contribution in [0.2, 0.25) is 0 Å². The molecule has 0 unspecified atom stereocenters.